The summed E-state index contributed by atoms with van der Waals surface area (Å²) < 4.78 is 0. The van der Waals surface area contributed by atoms with Gasteiger partial charge in [0.2, 0.25) is 5.91 Å². The summed E-state index contributed by atoms with van der Waals surface area (Å²) in [5.74, 6) is 1.28. The molecule has 2 aromatic carbocycles. The molecule has 0 unspecified atom stereocenters. The minimum Gasteiger partial charge on any atom is -0.382 e. The van der Waals surface area contributed by atoms with Crippen molar-refractivity contribution in [3.05, 3.63) is 83.9 Å². The molecule has 0 saturated heterocycles. The van der Waals surface area contributed by atoms with Gasteiger partial charge in [0.15, 0.2) is 0 Å². The summed E-state index contributed by atoms with van der Waals surface area (Å²) in [6.45, 7) is 0. The van der Waals surface area contributed by atoms with Gasteiger partial charge in [-0.2, -0.15) is 0 Å². The maximum Gasteiger partial charge on any atom is 0.226 e. The number of amidine groups is 1. The van der Waals surface area contributed by atoms with Gasteiger partial charge in [-0.15, -0.1) is 23.1 Å². The Bertz CT molecular complexity index is 1310. The van der Waals surface area contributed by atoms with Crippen LogP contribution < -0.4 is 11.1 Å². The molecule has 0 fully saturated rings. The Hall–Kier alpha value is -3.82. The van der Waals surface area contributed by atoms with Crippen LogP contribution in [0.15, 0.2) is 88.9 Å². The summed E-state index contributed by atoms with van der Waals surface area (Å²) in [6.07, 6.45) is 2.93. The Morgan fingerprint density at radius 3 is 2.56 bits per heavy atom. The molecule has 4 N–H and O–H groups in total. The largest absolute Gasteiger partial charge is 0.382 e. The van der Waals surface area contributed by atoms with Crippen LogP contribution in [0.3, 0.4) is 0 Å². The highest BCUT2D eigenvalue weighted by molar-refractivity contribution is 7.99. The van der Waals surface area contributed by atoms with Crippen LogP contribution in [-0.4, -0.2) is 33.8 Å². The number of anilines is 1. The monoisotopic (exact) mass is 486 g/mol. The number of thioether (sulfide) groups is 1. The molecule has 0 atom stereocenters. The van der Waals surface area contributed by atoms with Gasteiger partial charge in [0, 0.05) is 34.4 Å². The van der Waals surface area contributed by atoms with E-state index in [0.29, 0.717) is 28.6 Å². The highest BCUT2D eigenvalue weighted by Gasteiger charge is 2.17. The molecule has 0 bridgehead atoms. The average molecular weight is 487 g/mol. The van der Waals surface area contributed by atoms with Crippen LogP contribution in [-0.2, 0) is 4.79 Å². The minimum absolute atomic E-state index is 0.0970. The van der Waals surface area contributed by atoms with Crippen molar-refractivity contribution in [2.75, 3.05) is 11.1 Å². The van der Waals surface area contributed by atoms with E-state index in [9.17, 15) is 4.79 Å². The molecule has 0 saturated carbocycles. The number of hydrogen-bond donors (Lipinski definition) is 3. The summed E-state index contributed by atoms with van der Waals surface area (Å²) in [4.78, 5) is 27.3. The van der Waals surface area contributed by atoms with Gasteiger partial charge < -0.3 is 11.1 Å². The Labute approximate surface area is 205 Å². The predicted octanol–water partition coefficient (Wildman–Crippen LogP) is 5.31. The molecule has 0 aliphatic carbocycles. The second-order valence-electron chi connectivity index (χ2n) is 7.10. The fraction of sp³-hybridized carbons (Fsp3) is 0.0800. The molecular formula is C25H22N6OS2. The fourth-order valence-corrected chi connectivity index (χ4v) is 5.02. The number of hydrogen-bond acceptors (Lipinski definition) is 6. The van der Waals surface area contributed by atoms with E-state index in [4.69, 9.17) is 16.1 Å². The summed E-state index contributed by atoms with van der Waals surface area (Å²) in [6, 6.07) is 23.3. The van der Waals surface area contributed by atoms with Gasteiger partial charge in [0.25, 0.3) is 0 Å². The molecule has 34 heavy (non-hydrogen) atoms. The Morgan fingerprint density at radius 1 is 1.09 bits per heavy atom. The number of carbonyl (C=O) groups is 1. The van der Waals surface area contributed by atoms with Crippen molar-refractivity contribution in [3.63, 3.8) is 0 Å². The molecule has 7 nitrogen and oxygen atoms in total. The molecular weight excluding hydrogens is 464 g/mol. The van der Waals surface area contributed by atoms with Gasteiger partial charge in [0.1, 0.15) is 23.0 Å². The van der Waals surface area contributed by atoms with Crippen LogP contribution in [0.5, 0.6) is 0 Å². The minimum atomic E-state index is -0.0970. The standard InChI is InChI=1S/C25H22N6OS2/c26-16-29-24(27)23-22(17-7-3-1-4-8-17)31-25(34-23)18-11-13-28-20(15-18)30-21(32)12-14-33-19-9-5-2-6-10-19/h1-11,13,15-16H,12,14H2,(H3,26,27,29)(H,28,30,32). The van der Waals surface area contributed by atoms with Crippen LogP contribution in [0.4, 0.5) is 5.82 Å². The quantitative estimate of drug-likeness (QED) is 0.168. The zero-order valence-corrected chi connectivity index (χ0v) is 19.8. The number of aromatic nitrogens is 2. The number of nitrogens with zero attached hydrogens (tertiary/aromatic N) is 3. The van der Waals surface area contributed by atoms with Crippen molar-refractivity contribution in [2.45, 2.75) is 11.3 Å². The Morgan fingerprint density at radius 2 is 1.82 bits per heavy atom. The van der Waals surface area contributed by atoms with Gasteiger partial charge in [-0.25, -0.2) is 15.0 Å². The summed E-state index contributed by atoms with van der Waals surface area (Å²) in [5, 5.41) is 10.8. The lowest BCUT2D eigenvalue weighted by molar-refractivity contribution is -0.115. The van der Waals surface area contributed by atoms with E-state index in [1.165, 1.54) is 11.3 Å². The average Bonchev–Trinajstić information content (AvgIpc) is 3.31. The number of amides is 1. The number of carbonyl (C=O) groups excluding carboxylic acids is 1. The van der Waals surface area contributed by atoms with Crippen molar-refractivity contribution >= 4 is 47.0 Å². The zero-order chi connectivity index (χ0) is 23.8. The SMILES string of the molecule is N=CN=C(N)c1sc(-c2ccnc(NC(=O)CCSc3ccccc3)c2)nc1-c1ccccc1. The number of rotatable bonds is 9. The molecule has 9 heteroatoms. The molecule has 0 aliphatic rings. The summed E-state index contributed by atoms with van der Waals surface area (Å²) >= 11 is 3.02. The maximum absolute atomic E-state index is 12.4. The first kappa shape index (κ1) is 23.3. The van der Waals surface area contributed by atoms with Crippen molar-refractivity contribution in [1.29, 1.82) is 5.41 Å². The molecule has 170 valence electrons. The normalized spacial score (nSPS) is 11.2. The summed E-state index contributed by atoms with van der Waals surface area (Å²) in [7, 11) is 0. The first-order valence-corrected chi connectivity index (χ1v) is 12.3. The van der Waals surface area contributed by atoms with E-state index in [1.807, 2.05) is 66.7 Å². The van der Waals surface area contributed by atoms with Gasteiger partial charge in [-0.05, 0) is 24.3 Å². The number of pyridine rings is 1. The molecule has 4 aromatic rings. The van der Waals surface area contributed by atoms with E-state index in [-0.39, 0.29) is 11.7 Å². The van der Waals surface area contributed by atoms with Gasteiger partial charge in [0.05, 0.1) is 10.6 Å². The van der Waals surface area contributed by atoms with E-state index < -0.39 is 0 Å². The third-order valence-corrected chi connectivity index (χ3v) is 6.87. The van der Waals surface area contributed by atoms with Crippen molar-refractivity contribution < 1.29 is 4.79 Å². The van der Waals surface area contributed by atoms with E-state index >= 15 is 0 Å². The van der Waals surface area contributed by atoms with Gasteiger partial charge in [-0.1, -0.05) is 48.5 Å². The second-order valence-corrected chi connectivity index (χ2v) is 9.26. The lowest BCUT2D eigenvalue weighted by atomic mass is 10.1. The highest BCUT2D eigenvalue weighted by atomic mass is 32.2. The molecule has 0 aliphatic heterocycles. The zero-order valence-electron chi connectivity index (χ0n) is 18.1. The molecule has 2 aromatic heterocycles. The Balaban J connectivity index is 1.51. The third-order valence-electron chi connectivity index (χ3n) is 4.73. The highest BCUT2D eigenvalue weighted by Crippen LogP contribution is 2.34. The van der Waals surface area contributed by atoms with Crippen LogP contribution in [0.1, 0.15) is 11.3 Å². The first-order chi connectivity index (χ1) is 16.6. The van der Waals surface area contributed by atoms with E-state index in [2.05, 4.69) is 15.3 Å². The number of nitrogens with one attached hydrogen (secondary N) is 2. The van der Waals surface area contributed by atoms with Gasteiger partial charge >= 0.3 is 0 Å². The molecule has 1 amide bonds. The number of aliphatic imine (C=N–C) groups is 1. The number of thiazole rings is 1. The topological polar surface area (TPSA) is 117 Å². The van der Waals surface area contributed by atoms with E-state index in [1.54, 1.807) is 24.0 Å². The maximum atomic E-state index is 12.4. The molecule has 2 heterocycles. The fourth-order valence-electron chi connectivity index (χ4n) is 3.15. The smallest absolute Gasteiger partial charge is 0.226 e. The van der Waals surface area contributed by atoms with Crippen LogP contribution >= 0.6 is 23.1 Å². The number of nitrogens with two attached hydrogens (primary N) is 1. The molecule has 0 spiro atoms. The Kier molecular flexibility index (Phi) is 7.79. The predicted molar refractivity (Wildman–Crippen MR) is 141 cm³/mol. The van der Waals surface area contributed by atoms with Crippen molar-refractivity contribution in [1.82, 2.24) is 9.97 Å². The number of benzene rings is 2. The lowest BCUT2D eigenvalue weighted by Gasteiger charge is -2.06. The lowest BCUT2D eigenvalue weighted by Crippen LogP contribution is -2.13. The first-order valence-electron chi connectivity index (χ1n) is 10.5. The van der Waals surface area contributed by atoms with Crippen LogP contribution in [0.25, 0.3) is 21.8 Å². The molecule has 4 rings (SSSR count). The third kappa shape index (κ3) is 5.94. The van der Waals surface area contributed by atoms with Crippen molar-refractivity contribution in [2.24, 2.45) is 10.7 Å². The summed E-state index contributed by atoms with van der Waals surface area (Å²) in [5.41, 5.74) is 8.53. The second kappa shape index (κ2) is 11.4. The van der Waals surface area contributed by atoms with Crippen LogP contribution in [0.2, 0.25) is 0 Å². The van der Waals surface area contributed by atoms with Crippen molar-refractivity contribution in [3.8, 4) is 21.8 Å². The molecule has 0 radical (unpaired) electrons. The van der Waals surface area contributed by atoms with E-state index in [0.717, 1.165) is 27.4 Å². The van der Waals surface area contributed by atoms with Gasteiger partial charge in [-0.3, -0.25) is 10.2 Å². The van der Waals surface area contributed by atoms with Crippen LogP contribution in [0, 0.1) is 5.41 Å².